The Morgan fingerprint density at radius 2 is 1.85 bits per heavy atom. The molecule has 3 heterocycles. The van der Waals surface area contributed by atoms with Crippen LogP contribution in [-0.4, -0.2) is 84.5 Å². The van der Waals surface area contributed by atoms with E-state index >= 15 is 4.39 Å². The van der Waals surface area contributed by atoms with Crippen molar-refractivity contribution < 1.29 is 28.2 Å². The summed E-state index contributed by atoms with van der Waals surface area (Å²) in [5.41, 5.74) is 0.829. The van der Waals surface area contributed by atoms with E-state index in [1.165, 1.54) is 23.5 Å². The summed E-state index contributed by atoms with van der Waals surface area (Å²) in [6.07, 6.45) is 5.25. The van der Waals surface area contributed by atoms with Crippen molar-refractivity contribution in [3.05, 3.63) is 63.7 Å². The summed E-state index contributed by atoms with van der Waals surface area (Å²) in [5.74, 6) is -1.06. The molecule has 1 N–H and O–H groups in total. The smallest absolute Gasteiger partial charge is 0.257 e. The number of nitrogens with one attached hydrogen (secondary N) is 1. The van der Waals surface area contributed by atoms with E-state index in [2.05, 4.69) is 24.1 Å². The van der Waals surface area contributed by atoms with Gasteiger partial charge in [0, 0.05) is 47.1 Å². The largest absolute Gasteiger partial charge is 0.376 e. The zero-order valence-corrected chi connectivity index (χ0v) is 27.8. The van der Waals surface area contributed by atoms with Gasteiger partial charge in [-0.2, -0.15) is 0 Å². The lowest BCUT2D eigenvalue weighted by atomic mass is 9.88. The highest BCUT2D eigenvalue weighted by Crippen LogP contribution is 2.32. The van der Waals surface area contributed by atoms with Crippen molar-refractivity contribution in [3.63, 3.8) is 0 Å². The van der Waals surface area contributed by atoms with Crippen molar-refractivity contribution in [1.82, 2.24) is 9.80 Å². The van der Waals surface area contributed by atoms with Crippen molar-refractivity contribution in [1.29, 1.82) is 0 Å². The van der Waals surface area contributed by atoms with Gasteiger partial charge in [-0.15, -0.1) is 11.3 Å². The van der Waals surface area contributed by atoms with Crippen LogP contribution >= 0.6 is 22.9 Å². The van der Waals surface area contributed by atoms with Gasteiger partial charge in [0.2, 0.25) is 5.91 Å². The van der Waals surface area contributed by atoms with Gasteiger partial charge >= 0.3 is 0 Å². The molecule has 1 saturated carbocycles. The van der Waals surface area contributed by atoms with Crippen LogP contribution in [0.25, 0.3) is 10.1 Å². The molecule has 1 aromatic heterocycles. The van der Waals surface area contributed by atoms with Crippen LogP contribution in [0.5, 0.6) is 0 Å². The number of rotatable bonds is 9. The Morgan fingerprint density at radius 3 is 2.59 bits per heavy atom. The average Bonchev–Trinajstić information content (AvgIpc) is 3.67. The van der Waals surface area contributed by atoms with Crippen molar-refractivity contribution >= 4 is 56.8 Å². The molecule has 3 fully saturated rings. The number of morpholine rings is 1. The number of carbonyl (C=O) groups excluding carboxylic acids is 3. The zero-order valence-electron chi connectivity index (χ0n) is 26.3. The Morgan fingerprint density at radius 1 is 1.11 bits per heavy atom. The van der Waals surface area contributed by atoms with Gasteiger partial charge in [-0.05, 0) is 69.7 Å². The number of aldehydes is 1. The predicted molar refractivity (Wildman–Crippen MR) is 178 cm³/mol. The van der Waals surface area contributed by atoms with Gasteiger partial charge in [0.25, 0.3) is 5.91 Å². The molecule has 3 aliphatic rings. The first kappa shape index (κ1) is 33.0. The molecule has 8 nitrogen and oxygen atoms in total. The molecule has 0 bridgehead atoms. The SMILES string of the molecule is C[C@@H]1CN([C@H]2C[C@@H](CO[C@H]3CC[C@H](C=O)CC3)N(C(=O)Cc3cc(Cl)c(NC(=O)c4csc5ccccc45)cc3F)C2)C[C@H](C)O1. The number of thiophene rings is 1. The van der Waals surface area contributed by atoms with Crippen LogP contribution in [0.15, 0.2) is 41.8 Å². The van der Waals surface area contributed by atoms with Crippen molar-refractivity contribution in [2.75, 3.05) is 31.6 Å². The molecule has 0 radical (unpaired) electrons. The Balaban J connectivity index is 1.14. The summed E-state index contributed by atoms with van der Waals surface area (Å²) in [5, 5.41) is 5.50. The molecule has 3 aromatic rings. The molecule has 46 heavy (non-hydrogen) atoms. The molecular weight excluding hydrogens is 629 g/mol. The summed E-state index contributed by atoms with van der Waals surface area (Å²) in [6.45, 7) is 6.65. The minimum atomic E-state index is -0.602. The highest BCUT2D eigenvalue weighted by atomic mass is 35.5. The van der Waals surface area contributed by atoms with Gasteiger partial charge in [0.1, 0.15) is 12.1 Å². The highest BCUT2D eigenvalue weighted by molar-refractivity contribution is 7.17. The van der Waals surface area contributed by atoms with Gasteiger partial charge < -0.3 is 24.5 Å². The second kappa shape index (κ2) is 14.5. The second-order valence-corrected chi connectivity index (χ2v) is 14.3. The number of fused-ring (bicyclic) bond motifs is 1. The third-order valence-corrected chi connectivity index (χ3v) is 10.8. The fraction of sp³-hybridized carbons (Fsp3) is 0.514. The number of hydrogen-bond acceptors (Lipinski definition) is 7. The van der Waals surface area contributed by atoms with E-state index in [4.69, 9.17) is 21.1 Å². The lowest BCUT2D eigenvalue weighted by Crippen LogP contribution is -2.51. The van der Waals surface area contributed by atoms with E-state index in [1.54, 1.807) is 5.38 Å². The monoisotopic (exact) mass is 669 g/mol. The molecule has 0 unspecified atom stereocenters. The molecule has 4 atom stereocenters. The molecule has 2 amide bonds. The number of ether oxygens (including phenoxy) is 2. The summed E-state index contributed by atoms with van der Waals surface area (Å²) in [6, 6.07) is 10.2. The average molecular weight is 670 g/mol. The van der Waals surface area contributed by atoms with Gasteiger partial charge in [0.15, 0.2) is 0 Å². The highest BCUT2D eigenvalue weighted by Gasteiger charge is 2.40. The van der Waals surface area contributed by atoms with Crippen LogP contribution in [0.1, 0.15) is 61.9 Å². The van der Waals surface area contributed by atoms with Gasteiger partial charge in [-0.1, -0.05) is 29.8 Å². The van der Waals surface area contributed by atoms with Gasteiger partial charge in [-0.25, -0.2) is 4.39 Å². The summed E-state index contributed by atoms with van der Waals surface area (Å²) < 4.78 is 28.7. The number of amides is 2. The van der Waals surface area contributed by atoms with Crippen molar-refractivity contribution in [2.45, 2.75) is 82.8 Å². The summed E-state index contributed by atoms with van der Waals surface area (Å²) in [4.78, 5) is 42.3. The normalized spacial score (nSPS) is 27.2. The van der Waals surface area contributed by atoms with E-state index in [-0.39, 0.29) is 70.8 Å². The maximum absolute atomic E-state index is 15.5. The minimum Gasteiger partial charge on any atom is -0.376 e. The Labute approximate surface area is 278 Å². The molecule has 1 aliphatic carbocycles. The van der Waals surface area contributed by atoms with Crippen LogP contribution in [0.4, 0.5) is 10.1 Å². The van der Waals surface area contributed by atoms with E-state index in [0.29, 0.717) is 18.7 Å². The number of nitrogens with zero attached hydrogens (tertiary/aromatic N) is 2. The maximum Gasteiger partial charge on any atom is 0.257 e. The van der Waals surface area contributed by atoms with Gasteiger partial charge in [0.05, 0.1) is 53.7 Å². The standard InChI is InChI=1S/C35H41ClFN3O5S/c1-21-15-39(16-22(2)45-21)25-13-26(19-44-27-9-7-23(18-41)8-10-27)40(17-25)34(42)12-24-11-30(36)32(14-31(24)37)38-35(43)29-20-46-33-6-4-3-5-28(29)33/h3-6,11,14,18,20-23,25-27H,7-10,12-13,15-17,19H2,1-2H3,(H,38,43)/t21-,22+,23-,25-,26-,27-/m0/s1. The van der Waals surface area contributed by atoms with Crippen LogP contribution in [0, 0.1) is 11.7 Å². The van der Waals surface area contributed by atoms with Crippen molar-refractivity contribution in [2.24, 2.45) is 5.92 Å². The Bertz CT molecular complexity index is 1570. The lowest BCUT2D eigenvalue weighted by molar-refractivity contribution is -0.133. The lowest BCUT2D eigenvalue weighted by Gasteiger charge is -2.38. The topological polar surface area (TPSA) is 88.2 Å². The Hall–Kier alpha value is -2.89. The third-order valence-electron chi connectivity index (χ3n) is 9.56. The number of likely N-dealkylation sites (tertiary alicyclic amines) is 1. The molecule has 0 spiro atoms. The third kappa shape index (κ3) is 7.47. The fourth-order valence-corrected chi connectivity index (χ4v) is 8.38. The maximum atomic E-state index is 15.5. The molecule has 11 heteroatoms. The molecular formula is C35H41ClFN3O5S. The van der Waals surface area contributed by atoms with E-state index in [9.17, 15) is 14.4 Å². The molecule has 2 aromatic carbocycles. The van der Waals surface area contributed by atoms with Crippen LogP contribution in [0.2, 0.25) is 5.02 Å². The molecule has 246 valence electrons. The number of halogens is 2. The van der Waals surface area contributed by atoms with Crippen LogP contribution < -0.4 is 5.32 Å². The minimum absolute atomic E-state index is 0.0710. The fourth-order valence-electron chi connectivity index (χ4n) is 7.20. The summed E-state index contributed by atoms with van der Waals surface area (Å²) in [7, 11) is 0. The van der Waals surface area contributed by atoms with E-state index in [0.717, 1.165) is 61.6 Å². The first-order chi connectivity index (χ1) is 22.2. The first-order valence-electron chi connectivity index (χ1n) is 16.2. The first-order valence-corrected chi connectivity index (χ1v) is 17.5. The number of benzene rings is 2. The zero-order chi connectivity index (χ0) is 32.4. The number of anilines is 1. The van der Waals surface area contributed by atoms with Crippen molar-refractivity contribution in [3.8, 4) is 0 Å². The number of carbonyl (C=O) groups is 3. The van der Waals surface area contributed by atoms with E-state index < -0.39 is 5.82 Å². The predicted octanol–water partition coefficient (Wildman–Crippen LogP) is 6.34. The quantitative estimate of drug-likeness (QED) is 0.268. The molecule has 6 rings (SSSR count). The van der Waals surface area contributed by atoms with Gasteiger partial charge in [-0.3, -0.25) is 14.5 Å². The second-order valence-electron chi connectivity index (χ2n) is 13.0. The molecule has 2 aliphatic heterocycles. The van der Waals surface area contributed by atoms with Crippen LogP contribution in [0.3, 0.4) is 0 Å². The molecule has 2 saturated heterocycles. The van der Waals surface area contributed by atoms with Crippen LogP contribution in [-0.2, 0) is 25.5 Å². The number of hydrogen-bond donors (Lipinski definition) is 1. The Kier molecular flexibility index (Phi) is 10.4. The van der Waals surface area contributed by atoms with E-state index in [1.807, 2.05) is 29.2 Å². The summed E-state index contributed by atoms with van der Waals surface area (Å²) >= 11 is 8.00.